The topological polar surface area (TPSA) is 146 Å². The van der Waals surface area contributed by atoms with E-state index in [1.165, 1.54) is 42.9 Å². The molecule has 0 unspecified atom stereocenters. The number of aromatic amines is 1. The lowest BCUT2D eigenvalue weighted by atomic mass is 10.1. The van der Waals surface area contributed by atoms with E-state index in [9.17, 15) is 26.8 Å². The van der Waals surface area contributed by atoms with Gasteiger partial charge in [0, 0.05) is 66.8 Å². The minimum absolute atomic E-state index is 0.0589. The average Bonchev–Trinajstić information content (AvgIpc) is 3.65. The van der Waals surface area contributed by atoms with Crippen molar-refractivity contribution in [3.05, 3.63) is 132 Å². The Morgan fingerprint density at radius 1 is 0.867 bits per heavy atom. The van der Waals surface area contributed by atoms with Gasteiger partial charge in [-0.1, -0.05) is 24.3 Å². The predicted octanol–water partition coefficient (Wildman–Crippen LogP) is 5.40. The molecular formula is C32H28F2N4O6S. The molecule has 0 aliphatic carbocycles. The molecule has 0 fully saturated rings. The maximum atomic E-state index is 14.7. The Kier molecular flexibility index (Phi) is 10.4. The van der Waals surface area contributed by atoms with Crippen LogP contribution in [0.5, 0.6) is 0 Å². The predicted molar refractivity (Wildman–Crippen MR) is 162 cm³/mol. The number of carboxylic acid groups (broad SMARTS) is 2. The molecule has 3 heterocycles. The summed E-state index contributed by atoms with van der Waals surface area (Å²) < 4.78 is 56.9. The van der Waals surface area contributed by atoms with Gasteiger partial charge in [-0.3, -0.25) is 9.88 Å². The van der Waals surface area contributed by atoms with Crippen LogP contribution >= 0.6 is 0 Å². The van der Waals surface area contributed by atoms with Crippen LogP contribution in [0.2, 0.25) is 0 Å². The first kappa shape index (κ1) is 32.5. The second-order valence-corrected chi connectivity index (χ2v) is 11.6. The number of H-pyrrole nitrogens is 1. The highest BCUT2D eigenvalue weighted by Crippen LogP contribution is 2.30. The Bertz CT molecular complexity index is 1920. The third kappa shape index (κ3) is 8.37. The number of carbonyl (C=O) groups is 2. The number of halogens is 2. The van der Waals surface area contributed by atoms with Crippen molar-refractivity contribution in [1.29, 1.82) is 0 Å². The molecule has 10 nitrogen and oxygen atoms in total. The molecule has 0 amide bonds. The second-order valence-electron chi connectivity index (χ2n) is 9.78. The summed E-state index contributed by atoms with van der Waals surface area (Å²) in [5.41, 5.74) is 3.24. The van der Waals surface area contributed by atoms with Crippen molar-refractivity contribution in [2.45, 2.75) is 18.0 Å². The SMILES string of the molecule is CN(Cc1c[nH]c(-c2ccccc2F)c1)Cc1cc(-c2ccccc2F)n(S(=O)(=O)c2ccncc2)c1.O=C(O)/C=C/C(=O)O. The molecule has 232 valence electrons. The molecule has 3 N–H and O–H groups in total. The van der Waals surface area contributed by atoms with E-state index in [0.29, 0.717) is 42.1 Å². The first-order chi connectivity index (χ1) is 21.5. The van der Waals surface area contributed by atoms with Crippen molar-refractivity contribution in [2.75, 3.05) is 7.05 Å². The molecule has 0 saturated carbocycles. The number of nitrogens with zero attached hydrogens (tertiary/aromatic N) is 3. The van der Waals surface area contributed by atoms with Crippen molar-refractivity contribution in [1.82, 2.24) is 18.8 Å². The van der Waals surface area contributed by atoms with E-state index in [-0.39, 0.29) is 22.0 Å². The minimum atomic E-state index is -3.99. The third-order valence-electron chi connectivity index (χ3n) is 6.38. The molecule has 0 atom stereocenters. The number of pyridine rings is 1. The fraction of sp³-hybridized carbons (Fsp3) is 0.0938. The zero-order valence-corrected chi connectivity index (χ0v) is 24.7. The number of carboxylic acids is 2. The molecular weight excluding hydrogens is 606 g/mol. The molecule has 0 aliphatic heterocycles. The summed E-state index contributed by atoms with van der Waals surface area (Å²) in [4.78, 5) is 28.2. The Morgan fingerprint density at radius 2 is 1.42 bits per heavy atom. The van der Waals surface area contributed by atoms with Crippen LogP contribution in [0.25, 0.3) is 22.5 Å². The largest absolute Gasteiger partial charge is 0.478 e. The number of benzene rings is 2. The maximum Gasteiger partial charge on any atom is 0.328 e. The van der Waals surface area contributed by atoms with Gasteiger partial charge in [0.25, 0.3) is 10.0 Å². The zero-order valence-electron chi connectivity index (χ0n) is 23.8. The van der Waals surface area contributed by atoms with Crippen molar-refractivity contribution in [3.8, 4) is 22.5 Å². The van der Waals surface area contributed by atoms with Gasteiger partial charge >= 0.3 is 11.9 Å². The van der Waals surface area contributed by atoms with E-state index in [4.69, 9.17) is 10.2 Å². The number of aliphatic carboxylic acids is 2. The van der Waals surface area contributed by atoms with Crippen LogP contribution in [0.3, 0.4) is 0 Å². The van der Waals surface area contributed by atoms with E-state index in [1.54, 1.807) is 42.5 Å². The van der Waals surface area contributed by atoms with Crippen LogP contribution in [-0.2, 0) is 32.7 Å². The lowest BCUT2D eigenvalue weighted by Crippen LogP contribution is -2.17. The van der Waals surface area contributed by atoms with Crippen LogP contribution in [0.4, 0.5) is 8.78 Å². The minimum Gasteiger partial charge on any atom is -0.478 e. The number of nitrogens with one attached hydrogen (secondary N) is 1. The summed E-state index contributed by atoms with van der Waals surface area (Å²) in [5.74, 6) is -3.33. The van der Waals surface area contributed by atoms with Crippen LogP contribution in [0, 0.1) is 11.6 Å². The highest BCUT2D eigenvalue weighted by molar-refractivity contribution is 7.90. The average molecular weight is 635 g/mol. The fourth-order valence-electron chi connectivity index (χ4n) is 4.46. The summed E-state index contributed by atoms with van der Waals surface area (Å²) in [6, 6.07) is 19.0. The van der Waals surface area contributed by atoms with Crippen molar-refractivity contribution >= 4 is 22.0 Å². The quantitative estimate of drug-likeness (QED) is 0.173. The van der Waals surface area contributed by atoms with Gasteiger partial charge in [-0.15, -0.1) is 0 Å². The van der Waals surface area contributed by atoms with Crippen LogP contribution < -0.4 is 0 Å². The first-order valence-electron chi connectivity index (χ1n) is 13.3. The molecule has 0 bridgehead atoms. The van der Waals surface area contributed by atoms with E-state index >= 15 is 0 Å². The smallest absolute Gasteiger partial charge is 0.328 e. The second kappa shape index (κ2) is 14.4. The molecule has 2 aromatic carbocycles. The van der Waals surface area contributed by atoms with Gasteiger partial charge in [0.2, 0.25) is 0 Å². The summed E-state index contributed by atoms with van der Waals surface area (Å²) in [5, 5.41) is 15.6. The van der Waals surface area contributed by atoms with Gasteiger partial charge in [-0.25, -0.2) is 30.8 Å². The van der Waals surface area contributed by atoms with E-state index in [1.807, 2.05) is 24.2 Å². The van der Waals surface area contributed by atoms with Gasteiger partial charge in [0.15, 0.2) is 0 Å². The molecule has 45 heavy (non-hydrogen) atoms. The molecule has 5 aromatic rings. The van der Waals surface area contributed by atoms with Gasteiger partial charge < -0.3 is 15.2 Å². The normalized spacial score (nSPS) is 11.4. The Labute approximate surface area is 257 Å². The number of aromatic nitrogens is 3. The Balaban J connectivity index is 0.000000510. The van der Waals surface area contributed by atoms with Gasteiger partial charge in [0.05, 0.1) is 10.6 Å². The summed E-state index contributed by atoms with van der Waals surface area (Å²) in [6.45, 7) is 0.933. The Morgan fingerprint density at radius 3 is 2.00 bits per heavy atom. The standard InChI is InChI=1S/C28H24F2N4O2S.C4H4O4/c1-33(17-20-14-27(32-16-20)23-6-2-4-8-25(23)29)18-21-15-28(24-7-3-5-9-26(24)30)34(19-21)37(35,36)22-10-12-31-13-11-22;5-3(6)1-2-4(7)8/h2-16,19,32H,17-18H2,1H3;1-2H,(H,5,6)(H,7,8)/b;2-1+. The van der Waals surface area contributed by atoms with Gasteiger partial charge in [-0.05, 0) is 66.7 Å². The number of hydrogen-bond acceptors (Lipinski definition) is 6. The maximum absolute atomic E-state index is 14.7. The van der Waals surface area contributed by atoms with E-state index in [2.05, 4.69) is 9.97 Å². The van der Waals surface area contributed by atoms with Gasteiger partial charge in [-0.2, -0.15) is 0 Å². The lowest BCUT2D eigenvalue weighted by molar-refractivity contribution is -0.134. The van der Waals surface area contributed by atoms with Crippen LogP contribution in [0.1, 0.15) is 11.1 Å². The fourth-order valence-corrected chi connectivity index (χ4v) is 5.84. The molecule has 0 aliphatic rings. The highest BCUT2D eigenvalue weighted by atomic mass is 32.2. The van der Waals surface area contributed by atoms with Gasteiger partial charge in [0.1, 0.15) is 11.6 Å². The monoisotopic (exact) mass is 634 g/mol. The number of hydrogen-bond donors (Lipinski definition) is 3. The molecule has 5 rings (SSSR count). The van der Waals surface area contributed by atoms with Crippen molar-refractivity contribution < 1.29 is 37.0 Å². The first-order valence-corrected chi connectivity index (χ1v) is 14.8. The lowest BCUT2D eigenvalue weighted by Gasteiger charge is -2.14. The molecule has 0 spiro atoms. The number of rotatable bonds is 10. The van der Waals surface area contributed by atoms with E-state index < -0.39 is 27.8 Å². The zero-order chi connectivity index (χ0) is 32.6. The molecule has 0 saturated heterocycles. The Hall–Kier alpha value is -5.40. The highest BCUT2D eigenvalue weighted by Gasteiger charge is 2.23. The molecule has 13 heteroatoms. The van der Waals surface area contributed by atoms with Crippen LogP contribution in [0.15, 0.2) is 115 Å². The van der Waals surface area contributed by atoms with E-state index in [0.717, 1.165) is 9.54 Å². The summed E-state index contributed by atoms with van der Waals surface area (Å²) >= 11 is 0. The molecule has 3 aromatic heterocycles. The van der Waals surface area contributed by atoms with Crippen molar-refractivity contribution in [2.24, 2.45) is 0 Å². The summed E-state index contributed by atoms with van der Waals surface area (Å²) in [7, 11) is -2.09. The van der Waals surface area contributed by atoms with Crippen LogP contribution in [-0.4, -0.2) is 56.5 Å². The van der Waals surface area contributed by atoms with Crippen molar-refractivity contribution in [3.63, 3.8) is 0 Å². The molecule has 0 radical (unpaired) electrons. The summed E-state index contributed by atoms with van der Waals surface area (Å²) in [6.07, 6.45) is 7.27. The third-order valence-corrected chi connectivity index (χ3v) is 8.07.